The van der Waals surface area contributed by atoms with E-state index < -0.39 is 10.0 Å². The highest BCUT2D eigenvalue weighted by molar-refractivity contribution is 7.89. The van der Waals surface area contributed by atoms with Crippen molar-refractivity contribution in [1.82, 2.24) is 14.9 Å². The number of hydrogen-bond donors (Lipinski definition) is 2. The van der Waals surface area contributed by atoms with E-state index in [1.807, 2.05) is 24.3 Å². The minimum Gasteiger partial charge on any atom is -0.311 e. The Morgan fingerprint density at radius 3 is 2.46 bits per heavy atom. The Bertz CT molecular complexity index is 868. The quantitative estimate of drug-likeness (QED) is 0.774. The number of para-hydroxylation sites is 1. The van der Waals surface area contributed by atoms with E-state index >= 15 is 0 Å². The highest BCUT2D eigenvalue weighted by atomic mass is 32.2. The van der Waals surface area contributed by atoms with Gasteiger partial charge in [0.25, 0.3) is 0 Å². The molecule has 1 aromatic carbocycles. The van der Waals surface area contributed by atoms with Gasteiger partial charge in [0, 0.05) is 25.7 Å². The van der Waals surface area contributed by atoms with Gasteiger partial charge in [-0.3, -0.25) is 9.89 Å². The lowest BCUT2D eigenvalue weighted by Gasteiger charge is -2.25. The standard InChI is InChI=1S/C18H26N4O3S/c1-12(2)16-8-6-7-9-17(16)22(15(5)23)11-10-19-26(24,25)18-13(3)20-21-14(18)4/h6-9,12,19H,10-11H2,1-5H3,(H,20,21). The molecular formula is C18H26N4O3S. The van der Waals surface area contributed by atoms with Crippen LogP contribution in [-0.2, 0) is 14.8 Å². The second kappa shape index (κ2) is 8.01. The van der Waals surface area contributed by atoms with Gasteiger partial charge in [-0.1, -0.05) is 32.0 Å². The lowest BCUT2D eigenvalue weighted by atomic mass is 10.0. The molecule has 0 fully saturated rings. The van der Waals surface area contributed by atoms with Gasteiger partial charge in [0.05, 0.1) is 11.4 Å². The molecule has 0 radical (unpaired) electrons. The average molecular weight is 378 g/mol. The van der Waals surface area contributed by atoms with Gasteiger partial charge in [-0.2, -0.15) is 5.10 Å². The maximum Gasteiger partial charge on any atom is 0.244 e. The van der Waals surface area contributed by atoms with Crippen molar-refractivity contribution in [1.29, 1.82) is 0 Å². The lowest BCUT2D eigenvalue weighted by molar-refractivity contribution is -0.116. The first-order chi connectivity index (χ1) is 12.1. The van der Waals surface area contributed by atoms with Crippen LogP contribution in [0.15, 0.2) is 29.2 Å². The third kappa shape index (κ3) is 4.31. The highest BCUT2D eigenvalue weighted by Crippen LogP contribution is 2.27. The number of hydrogen-bond acceptors (Lipinski definition) is 4. The predicted octanol–water partition coefficient (Wildman–Crippen LogP) is 2.48. The number of aromatic amines is 1. The second-order valence-corrected chi connectivity index (χ2v) is 8.25. The molecule has 142 valence electrons. The number of sulfonamides is 1. The zero-order valence-corrected chi connectivity index (χ0v) is 16.6. The summed E-state index contributed by atoms with van der Waals surface area (Å²) in [6.07, 6.45) is 0. The molecule has 1 heterocycles. The summed E-state index contributed by atoms with van der Waals surface area (Å²) in [4.78, 5) is 13.9. The van der Waals surface area contributed by atoms with Crippen LogP contribution in [0.2, 0.25) is 0 Å². The number of aryl methyl sites for hydroxylation is 2. The first kappa shape index (κ1) is 20.1. The molecule has 8 heteroatoms. The monoisotopic (exact) mass is 378 g/mol. The zero-order valence-electron chi connectivity index (χ0n) is 15.8. The van der Waals surface area contributed by atoms with E-state index in [0.29, 0.717) is 11.4 Å². The van der Waals surface area contributed by atoms with E-state index in [2.05, 4.69) is 28.8 Å². The maximum atomic E-state index is 12.5. The highest BCUT2D eigenvalue weighted by Gasteiger charge is 2.23. The molecule has 0 saturated heterocycles. The van der Waals surface area contributed by atoms with E-state index in [1.165, 1.54) is 6.92 Å². The number of carbonyl (C=O) groups is 1. The summed E-state index contributed by atoms with van der Waals surface area (Å²) in [5.74, 6) is 0.119. The summed E-state index contributed by atoms with van der Waals surface area (Å²) < 4.78 is 27.6. The zero-order chi connectivity index (χ0) is 19.5. The Labute approximate surface area is 154 Å². The van der Waals surface area contributed by atoms with Crippen LogP contribution in [-0.4, -0.2) is 37.6 Å². The number of nitrogens with zero attached hydrogens (tertiary/aromatic N) is 2. The molecule has 0 spiro atoms. The van der Waals surface area contributed by atoms with E-state index in [0.717, 1.165) is 11.3 Å². The lowest BCUT2D eigenvalue weighted by Crippen LogP contribution is -2.38. The molecule has 2 rings (SSSR count). The van der Waals surface area contributed by atoms with Gasteiger partial charge in [0.1, 0.15) is 4.90 Å². The largest absolute Gasteiger partial charge is 0.311 e. The van der Waals surface area contributed by atoms with Crippen LogP contribution >= 0.6 is 0 Å². The molecule has 0 aliphatic heterocycles. The van der Waals surface area contributed by atoms with Crippen molar-refractivity contribution in [2.24, 2.45) is 0 Å². The molecule has 0 saturated carbocycles. The van der Waals surface area contributed by atoms with Gasteiger partial charge in [-0.15, -0.1) is 0 Å². The third-order valence-electron chi connectivity index (χ3n) is 4.19. The van der Waals surface area contributed by atoms with Crippen molar-refractivity contribution in [2.75, 3.05) is 18.0 Å². The van der Waals surface area contributed by atoms with Crippen molar-refractivity contribution in [2.45, 2.75) is 45.4 Å². The van der Waals surface area contributed by atoms with Gasteiger partial charge < -0.3 is 4.90 Å². The van der Waals surface area contributed by atoms with Gasteiger partial charge in [-0.25, -0.2) is 13.1 Å². The molecule has 0 aliphatic rings. The Hall–Kier alpha value is -2.19. The topological polar surface area (TPSA) is 95.2 Å². The smallest absolute Gasteiger partial charge is 0.244 e. The molecule has 2 N–H and O–H groups in total. The minimum atomic E-state index is -3.69. The summed E-state index contributed by atoms with van der Waals surface area (Å²) in [6.45, 7) is 9.26. The van der Waals surface area contributed by atoms with Gasteiger partial charge in [-0.05, 0) is 31.4 Å². The number of amides is 1. The van der Waals surface area contributed by atoms with Crippen LogP contribution < -0.4 is 9.62 Å². The van der Waals surface area contributed by atoms with E-state index in [-0.39, 0.29) is 29.8 Å². The molecule has 0 atom stereocenters. The summed E-state index contributed by atoms with van der Waals surface area (Å²) >= 11 is 0. The first-order valence-electron chi connectivity index (χ1n) is 8.53. The number of carbonyl (C=O) groups excluding carboxylic acids is 1. The number of nitrogens with one attached hydrogen (secondary N) is 2. The molecule has 0 aliphatic carbocycles. The Balaban J connectivity index is 2.17. The van der Waals surface area contributed by atoms with Crippen molar-refractivity contribution in [3.8, 4) is 0 Å². The van der Waals surface area contributed by atoms with E-state index in [1.54, 1.807) is 18.7 Å². The molecular weight excluding hydrogens is 352 g/mol. The fourth-order valence-electron chi connectivity index (χ4n) is 2.97. The third-order valence-corrected chi connectivity index (χ3v) is 5.91. The van der Waals surface area contributed by atoms with Crippen LogP contribution in [0.5, 0.6) is 0 Å². The molecule has 2 aromatic rings. The first-order valence-corrected chi connectivity index (χ1v) is 10.0. The van der Waals surface area contributed by atoms with Crippen molar-refractivity contribution in [3.63, 3.8) is 0 Å². The Morgan fingerprint density at radius 2 is 1.92 bits per heavy atom. The van der Waals surface area contributed by atoms with Crippen LogP contribution in [0.3, 0.4) is 0 Å². The van der Waals surface area contributed by atoms with Crippen molar-refractivity contribution >= 4 is 21.6 Å². The summed E-state index contributed by atoms with van der Waals surface area (Å²) in [5, 5.41) is 6.60. The van der Waals surface area contributed by atoms with Gasteiger partial charge >= 0.3 is 0 Å². The fourth-order valence-corrected chi connectivity index (χ4v) is 4.36. The normalized spacial score (nSPS) is 11.8. The van der Waals surface area contributed by atoms with E-state index in [9.17, 15) is 13.2 Å². The van der Waals surface area contributed by atoms with Crippen molar-refractivity contribution < 1.29 is 13.2 Å². The molecule has 26 heavy (non-hydrogen) atoms. The predicted molar refractivity (Wildman–Crippen MR) is 102 cm³/mol. The minimum absolute atomic E-state index is 0.110. The van der Waals surface area contributed by atoms with Crippen LogP contribution in [0.4, 0.5) is 5.69 Å². The van der Waals surface area contributed by atoms with Gasteiger partial charge in [0.2, 0.25) is 15.9 Å². The molecule has 7 nitrogen and oxygen atoms in total. The SMILES string of the molecule is CC(=O)N(CCNS(=O)(=O)c1c(C)n[nH]c1C)c1ccccc1C(C)C. The van der Waals surface area contributed by atoms with Crippen LogP contribution in [0.1, 0.15) is 43.6 Å². The number of benzene rings is 1. The number of anilines is 1. The van der Waals surface area contributed by atoms with Gasteiger partial charge in [0.15, 0.2) is 0 Å². The molecule has 1 aromatic heterocycles. The van der Waals surface area contributed by atoms with Crippen LogP contribution in [0, 0.1) is 13.8 Å². The maximum absolute atomic E-state index is 12.5. The summed E-state index contributed by atoms with van der Waals surface area (Å²) in [7, 11) is -3.69. The number of aromatic nitrogens is 2. The summed E-state index contributed by atoms with van der Waals surface area (Å²) in [6, 6.07) is 7.68. The number of rotatable bonds is 7. The van der Waals surface area contributed by atoms with E-state index in [4.69, 9.17) is 0 Å². The molecule has 0 bridgehead atoms. The Morgan fingerprint density at radius 1 is 1.27 bits per heavy atom. The number of H-pyrrole nitrogens is 1. The van der Waals surface area contributed by atoms with Crippen LogP contribution in [0.25, 0.3) is 0 Å². The molecule has 1 amide bonds. The van der Waals surface area contributed by atoms with Crippen molar-refractivity contribution in [3.05, 3.63) is 41.2 Å². The fraction of sp³-hybridized carbons (Fsp3) is 0.444. The average Bonchev–Trinajstić information content (AvgIpc) is 2.90. The molecule has 0 unspecified atom stereocenters. The second-order valence-electron chi connectivity index (χ2n) is 6.55. The summed E-state index contributed by atoms with van der Waals surface area (Å²) in [5.41, 5.74) is 2.77. The Kier molecular flexibility index (Phi) is 6.20.